The smallest absolute Gasteiger partial charge is 0.299 e. The van der Waals surface area contributed by atoms with Gasteiger partial charge in [0.15, 0.2) is 0 Å². The van der Waals surface area contributed by atoms with Crippen LogP contribution >= 0.6 is 0 Å². The molecule has 26 heavy (non-hydrogen) atoms. The van der Waals surface area contributed by atoms with Gasteiger partial charge >= 0.3 is 0 Å². The van der Waals surface area contributed by atoms with Crippen LogP contribution in [0.3, 0.4) is 0 Å². The molecular weight excluding hydrogens is 350 g/mol. The van der Waals surface area contributed by atoms with Crippen molar-refractivity contribution in [1.82, 2.24) is 4.72 Å². The minimum atomic E-state index is -3.61. The highest BCUT2D eigenvalue weighted by Crippen LogP contribution is 2.31. The van der Waals surface area contributed by atoms with Crippen LogP contribution in [0.4, 0.5) is 11.4 Å². The second-order valence-corrected chi connectivity index (χ2v) is 8.09. The van der Waals surface area contributed by atoms with Crippen molar-refractivity contribution in [2.24, 2.45) is 0 Å². The highest BCUT2D eigenvalue weighted by molar-refractivity contribution is 7.90. The van der Waals surface area contributed by atoms with E-state index in [1.807, 2.05) is 24.3 Å². The number of amides is 1. The van der Waals surface area contributed by atoms with Gasteiger partial charge in [0.2, 0.25) is 0 Å². The fourth-order valence-corrected chi connectivity index (χ4v) is 4.22. The molecule has 2 aromatic carbocycles. The Labute approximate surface area is 154 Å². The number of aryl methyl sites for hydroxylation is 1. The lowest BCUT2D eigenvalue weighted by molar-refractivity contribution is 0.0985. The van der Waals surface area contributed by atoms with Crippen LogP contribution < -0.4 is 14.3 Å². The first kappa shape index (κ1) is 18.4. The van der Waals surface area contributed by atoms with Gasteiger partial charge in [-0.25, -0.2) is 0 Å². The highest BCUT2D eigenvalue weighted by Gasteiger charge is 2.24. The summed E-state index contributed by atoms with van der Waals surface area (Å²) >= 11 is 0. The van der Waals surface area contributed by atoms with Gasteiger partial charge in [-0.1, -0.05) is 18.2 Å². The third-order valence-electron chi connectivity index (χ3n) is 4.11. The van der Waals surface area contributed by atoms with Gasteiger partial charge in [-0.3, -0.25) is 9.52 Å². The molecule has 2 N–H and O–H groups in total. The summed E-state index contributed by atoms with van der Waals surface area (Å²) < 4.78 is 29.1. The zero-order chi connectivity index (χ0) is 18.7. The molecule has 0 saturated carbocycles. The SMILES string of the molecule is CC(C)NS(=O)(=O)Nc1ccc2c(c1)CCCN2C(=O)c1ccccc1. The number of anilines is 2. The minimum absolute atomic E-state index is 0.0404. The Balaban J connectivity index is 1.85. The largest absolute Gasteiger partial charge is 0.308 e. The molecule has 7 heteroatoms. The van der Waals surface area contributed by atoms with Gasteiger partial charge in [0, 0.05) is 23.8 Å². The first-order chi connectivity index (χ1) is 12.4. The van der Waals surface area contributed by atoms with Gasteiger partial charge in [0.1, 0.15) is 0 Å². The molecule has 1 aliphatic rings. The monoisotopic (exact) mass is 373 g/mol. The van der Waals surface area contributed by atoms with Crippen molar-refractivity contribution < 1.29 is 13.2 Å². The number of carbonyl (C=O) groups is 1. The van der Waals surface area contributed by atoms with Crippen molar-refractivity contribution in [3.8, 4) is 0 Å². The lowest BCUT2D eigenvalue weighted by Gasteiger charge is -2.30. The van der Waals surface area contributed by atoms with E-state index in [-0.39, 0.29) is 11.9 Å². The second kappa shape index (κ2) is 7.47. The molecular formula is C19H23N3O3S. The number of hydrogen-bond acceptors (Lipinski definition) is 3. The first-order valence-electron chi connectivity index (χ1n) is 8.65. The standard InChI is InChI=1S/C19H23N3O3S/c1-14(2)20-26(24,25)21-17-10-11-18-16(13-17)9-6-12-22(18)19(23)15-7-4-3-5-8-15/h3-5,7-8,10-11,13-14,20-21H,6,9,12H2,1-2H3. The van der Waals surface area contributed by atoms with Crippen molar-refractivity contribution in [3.63, 3.8) is 0 Å². The molecule has 0 fully saturated rings. The summed E-state index contributed by atoms with van der Waals surface area (Å²) in [5.41, 5.74) is 2.94. The average molecular weight is 373 g/mol. The van der Waals surface area contributed by atoms with Crippen molar-refractivity contribution >= 4 is 27.5 Å². The molecule has 0 radical (unpaired) electrons. The Kier molecular flexibility index (Phi) is 5.29. The van der Waals surface area contributed by atoms with Crippen molar-refractivity contribution in [3.05, 3.63) is 59.7 Å². The molecule has 1 heterocycles. The highest BCUT2D eigenvalue weighted by atomic mass is 32.2. The summed E-state index contributed by atoms with van der Waals surface area (Å²) in [6.45, 7) is 4.18. The maximum Gasteiger partial charge on any atom is 0.299 e. The predicted molar refractivity (Wildman–Crippen MR) is 104 cm³/mol. The molecule has 6 nitrogen and oxygen atoms in total. The Morgan fingerprint density at radius 2 is 1.85 bits per heavy atom. The molecule has 138 valence electrons. The number of fused-ring (bicyclic) bond motifs is 1. The normalized spacial score (nSPS) is 14.2. The molecule has 0 aromatic heterocycles. The van der Waals surface area contributed by atoms with E-state index in [2.05, 4.69) is 9.44 Å². The number of nitrogens with zero attached hydrogens (tertiary/aromatic N) is 1. The van der Waals surface area contributed by atoms with Gasteiger partial charge in [0.25, 0.3) is 16.1 Å². The summed E-state index contributed by atoms with van der Waals surface area (Å²) in [6.07, 6.45) is 1.65. The Morgan fingerprint density at radius 1 is 1.12 bits per heavy atom. The van der Waals surface area contributed by atoms with Crippen LogP contribution in [-0.4, -0.2) is 26.9 Å². The van der Waals surface area contributed by atoms with Gasteiger partial charge in [-0.15, -0.1) is 0 Å². The lowest BCUT2D eigenvalue weighted by atomic mass is 10.00. The number of hydrogen-bond donors (Lipinski definition) is 2. The Hall–Kier alpha value is -2.38. The van der Waals surface area contributed by atoms with Crippen molar-refractivity contribution in [1.29, 1.82) is 0 Å². The molecule has 0 aliphatic carbocycles. The van der Waals surface area contributed by atoms with Crippen LogP contribution in [0, 0.1) is 0 Å². The molecule has 1 aliphatic heterocycles. The van der Waals surface area contributed by atoms with Gasteiger partial charge in [0.05, 0.1) is 5.69 Å². The third kappa shape index (κ3) is 4.23. The van der Waals surface area contributed by atoms with Crippen LogP contribution in [0.5, 0.6) is 0 Å². The van der Waals surface area contributed by atoms with E-state index in [0.29, 0.717) is 17.8 Å². The summed E-state index contributed by atoms with van der Waals surface area (Å²) in [5, 5.41) is 0. The zero-order valence-electron chi connectivity index (χ0n) is 14.9. The summed E-state index contributed by atoms with van der Waals surface area (Å²) in [7, 11) is -3.61. The molecule has 3 rings (SSSR count). The van der Waals surface area contributed by atoms with Crippen LogP contribution in [0.15, 0.2) is 48.5 Å². The predicted octanol–water partition coefficient (Wildman–Crippen LogP) is 2.93. The number of carbonyl (C=O) groups excluding carboxylic acids is 1. The number of rotatable bonds is 5. The summed E-state index contributed by atoms with van der Waals surface area (Å²) in [5.74, 6) is -0.0404. The van der Waals surface area contributed by atoms with Crippen LogP contribution in [0.25, 0.3) is 0 Å². The van der Waals surface area contributed by atoms with Crippen molar-refractivity contribution in [2.75, 3.05) is 16.2 Å². The molecule has 0 bridgehead atoms. The van der Waals surface area contributed by atoms with E-state index < -0.39 is 10.2 Å². The summed E-state index contributed by atoms with van der Waals surface area (Å²) in [4.78, 5) is 14.6. The van der Waals surface area contributed by atoms with Gasteiger partial charge in [-0.2, -0.15) is 13.1 Å². The quantitative estimate of drug-likeness (QED) is 0.846. The molecule has 0 atom stereocenters. The fourth-order valence-electron chi connectivity index (χ4n) is 3.10. The zero-order valence-corrected chi connectivity index (χ0v) is 15.7. The maximum atomic E-state index is 12.8. The van der Waals surface area contributed by atoms with Crippen LogP contribution in [0.2, 0.25) is 0 Å². The van der Waals surface area contributed by atoms with Gasteiger partial charge in [-0.05, 0) is 62.6 Å². The Bertz CT molecular complexity index is 896. The molecule has 0 spiro atoms. The lowest BCUT2D eigenvalue weighted by Crippen LogP contribution is -2.36. The molecule has 0 saturated heterocycles. The molecule has 1 amide bonds. The topological polar surface area (TPSA) is 78.5 Å². The molecule has 0 unspecified atom stereocenters. The van der Waals surface area contributed by atoms with E-state index >= 15 is 0 Å². The number of nitrogens with one attached hydrogen (secondary N) is 2. The second-order valence-electron chi connectivity index (χ2n) is 6.65. The van der Waals surface area contributed by atoms with Crippen LogP contribution in [0.1, 0.15) is 36.2 Å². The van der Waals surface area contributed by atoms with E-state index in [0.717, 1.165) is 24.1 Å². The van der Waals surface area contributed by atoms with Gasteiger partial charge < -0.3 is 4.90 Å². The van der Waals surface area contributed by atoms with E-state index in [9.17, 15) is 13.2 Å². The number of benzene rings is 2. The van der Waals surface area contributed by atoms with E-state index in [4.69, 9.17) is 0 Å². The average Bonchev–Trinajstić information content (AvgIpc) is 2.59. The molecule has 2 aromatic rings. The van der Waals surface area contributed by atoms with E-state index in [1.165, 1.54) is 0 Å². The minimum Gasteiger partial charge on any atom is -0.308 e. The van der Waals surface area contributed by atoms with Crippen molar-refractivity contribution in [2.45, 2.75) is 32.7 Å². The maximum absolute atomic E-state index is 12.8. The Morgan fingerprint density at radius 3 is 2.54 bits per heavy atom. The fraction of sp³-hybridized carbons (Fsp3) is 0.316. The first-order valence-corrected chi connectivity index (χ1v) is 10.1. The third-order valence-corrected chi connectivity index (χ3v) is 5.39. The summed E-state index contributed by atoms with van der Waals surface area (Å²) in [6, 6.07) is 14.3. The van der Waals surface area contributed by atoms with Crippen LogP contribution in [-0.2, 0) is 16.6 Å². The van der Waals surface area contributed by atoms with E-state index in [1.54, 1.807) is 43.0 Å².